The second-order valence-electron chi connectivity index (χ2n) is 6.40. The number of hydrogen-bond acceptors (Lipinski definition) is 6. The number of carbonyl (C=O) groups excluding carboxylic acids is 3. The van der Waals surface area contributed by atoms with Crippen molar-refractivity contribution in [3.05, 3.63) is 58.8 Å². The Labute approximate surface area is 156 Å². The number of imide groups is 1. The number of hydrogen-bond donors (Lipinski definition) is 0. The van der Waals surface area contributed by atoms with Crippen LogP contribution in [0.5, 0.6) is 5.88 Å². The largest absolute Gasteiger partial charge is 0.475 e. The molecule has 1 aliphatic rings. The highest BCUT2D eigenvalue weighted by atomic mass is 16.5. The molecule has 7 nitrogen and oxygen atoms in total. The quantitative estimate of drug-likeness (QED) is 0.575. The maximum Gasteiger partial charge on any atom is 0.338 e. The van der Waals surface area contributed by atoms with Crippen LogP contribution < -0.4 is 4.74 Å². The van der Waals surface area contributed by atoms with Gasteiger partial charge in [-0.05, 0) is 38.0 Å². The fraction of sp³-hybridized carbons (Fsp3) is 0.300. The molecule has 1 aromatic carbocycles. The summed E-state index contributed by atoms with van der Waals surface area (Å²) in [5.41, 5.74) is 1.68. The second-order valence-corrected chi connectivity index (χ2v) is 6.40. The average Bonchev–Trinajstić information content (AvgIpc) is 2.90. The predicted molar refractivity (Wildman–Crippen MR) is 96.9 cm³/mol. The lowest BCUT2D eigenvalue weighted by Gasteiger charge is -2.16. The van der Waals surface area contributed by atoms with Gasteiger partial charge < -0.3 is 9.47 Å². The number of amides is 2. The van der Waals surface area contributed by atoms with E-state index in [0.717, 1.165) is 0 Å². The molecule has 2 amide bonds. The molecule has 0 fully saturated rings. The minimum absolute atomic E-state index is 0.0906. The molecule has 2 aromatic rings. The maximum absolute atomic E-state index is 12.5. The van der Waals surface area contributed by atoms with Crippen molar-refractivity contribution in [1.82, 2.24) is 9.88 Å². The van der Waals surface area contributed by atoms with Gasteiger partial charge in [-0.15, -0.1) is 0 Å². The van der Waals surface area contributed by atoms with E-state index in [2.05, 4.69) is 4.98 Å². The Kier molecular flexibility index (Phi) is 5.21. The number of aromatic nitrogens is 1. The Hall–Kier alpha value is -3.22. The number of ether oxygens (including phenoxy) is 2. The third-order valence-electron chi connectivity index (χ3n) is 4.21. The van der Waals surface area contributed by atoms with Gasteiger partial charge in [0.25, 0.3) is 11.8 Å². The molecule has 0 atom stereocenters. The number of pyridine rings is 1. The molecule has 0 aliphatic carbocycles. The van der Waals surface area contributed by atoms with E-state index in [0.29, 0.717) is 28.1 Å². The highest BCUT2D eigenvalue weighted by molar-refractivity contribution is 6.21. The SMILES string of the molecule is COC(=O)c1cc(OC(C)C)ncc1CCN1C(=O)c2ccccc2C1=O. The minimum Gasteiger partial charge on any atom is -0.475 e. The summed E-state index contributed by atoms with van der Waals surface area (Å²) in [6.07, 6.45) is 1.71. The van der Waals surface area contributed by atoms with Crippen molar-refractivity contribution in [3.8, 4) is 5.88 Å². The molecule has 7 heteroatoms. The van der Waals surface area contributed by atoms with Crippen LogP contribution in [0.15, 0.2) is 36.5 Å². The van der Waals surface area contributed by atoms with Gasteiger partial charge in [-0.2, -0.15) is 0 Å². The number of methoxy groups -OCH3 is 1. The minimum atomic E-state index is -0.525. The lowest BCUT2D eigenvalue weighted by molar-refractivity contribution is 0.0598. The molecule has 3 rings (SSSR count). The summed E-state index contributed by atoms with van der Waals surface area (Å²) in [6, 6.07) is 8.23. The standard InChI is InChI=1S/C20H20N2O5/c1-12(2)27-17-10-16(20(25)26-3)13(11-21-17)8-9-22-18(23)14-6-4-5-7-15(14)19(22)24/h4-7,10-12H,8-9H2,1-3H3. The van der Waals surface area contributed by atoms with Crippen molar-refractivity contribution in [2.75, 3.05) is 13.7 Å². The van der Waals surface area contributed by atoms with Crippen LogP contribution in [0.4, 0.5) is 0 Å². The van der Waals surface area contributed by atoms with Crippen LogP contribution in [-0.2, 0) is 11.2 Å². The van der Waals surface area contributed by atoms with Crippen molar-refractivity contribution >= 4 is 17.8 Å². The molecule has 1 aromatic heterocycles. The van der Waals surface area contributed by atoms with Gasteiger partial charge in [0, 0.05) is 18.8 Å². The molecule has 0 radical (unpaired) electrons. The Morgan fingerprint density at radius 1 is 1.15 bits per heavy atom. The van der Waals surface area contributed by atoms with Gasteiger partial charge in [-0.3, -0.25) is 14.5 Å². The third-order valence-corrected chi connectivity index (χ3v) is 4.21. The van der Waals surface area contributed by atoms with Gasteiger partial charge in [0.05, 0.1) is 29.9 Å². The van der Waals surface area contributed by atoms with Gasteiger partial charge in [0.2, 0.25) is 5.88 Å². The van der Waals surface area contributed by atoms with Crippen LogP contribution in [0.25, 0.3) is 0 Å². The first-order valence-corrected chi connectivity index (χ1v) is 8.61. The third kappa shape index (κ3) is 3.67. The topological polar surface area (TPSA) is 85.8 Å². The van der Waals surface area contributed by atoms with Gasteiger partial charge in [0.15, 0.2) is 0 Å². The summed E-state index contributed by atoms with van der Waals surface area (Å²) >= 11 is 0. The summed E-state index contributed by atoms with van der Waals surface area (Å²) in [5.74, 6) is -0.871. The fourth-order valence-electron chi connectivity index (χ4n) is 2.94. The average molecular weight is 368 g/mol. The first kappa shape index (κ1) is 18.6. The van der Waals surface area contributed by atoms with Gasteiger partial charge in [0.1, 0.15) is 0 Å². The summed E-state index contributed by atoms with van der Waals surface area (Å²) in [6.45, 7) is 3.85. The van der Waals surface area contributed by atoms with E-state index >= 15 is 0 Å². The predicted octanol–water partition coefficient (Wildman–Crippen LogP) is 2.49. The smallest absolute Gasteiger partial charge is 0.338 e. The number of fused-ring (bicyclic) bond motifs is 1. The Morgan fingerprint density at radius 3 is 2.33 bits per heavy atom. The van der Waals surface area contributed by atoms with E-state index in [4.69, 9.17) is 9.47 Å². The normalized spacial score (nSPS) is 13.1. The molecular weight excluding hydrogens is 348 g/mol. The van der Waals surface area contributed by atoms with Crippen LogP contribution in [0, 0.1) is 0 Å². The maximum atomic E-state index is 12.5. The zero-order valence-electron chi connectivity index (χ0n) is 15.4. The van der Waals surface area contributed by atoms with Crippen LogP contribution in [0.2, 0.25) is 0 Å². The highest BCUT2D eigenvalue weighted by Crippen LogP contribution is 2.24. The van der Waals surface area contributed by atoms with Gasteiger partial charge in [-0.25, -0.2) is 9.78 Å². The summed E-state index contributed by atoms with van der Waals surface area (Å²) < 4.78 is 10.4. The molecule has 140 valence electrons. The lowest BCUT2D eigenvalue weighted by atomic mass is 10.1. The van der Waals surface area contributed by atoms with Crippen LogP contribution in [-0.4, -0.2) is 47.4 Å². The number of esters is 1. The molecule has 0 bridgehead atoms. The molecule has 1 aliphatic heterocycles. The highest BCUT2D eigenvalue weighted by Gasteiger charge is 2.34. The van der Waals surface area contributed by atoms with Crippen LogP contribution in [0.1, 0.15) is 50.5 Å². The number of carbonyl (C=O) groups is 3. The Balaban J connectivity index is 1.81. The summed E-state index contributed by atoms with van der Waals surface area (Å²) in [4.78, 5) is 42.4. The van der Waals surface area contributed by atoms with E-state index in [1.165, 1.54) is 24.3 Å². The van der Waals surface area contributed by atoms with Crippen molar-refractivity contribution in [2.45, 2.75) is 26.4 Å². The monoisotopic (exact) mass is 368 g/mol. The van der Waals surface area contributed by atoms with E-state index in [1.54, 1.807) is 24.3 Å². The summed E-state index contributed by atoms with van der Waals surface area (Å²) in [7, 11) is 1.29. The number of benzene rings is 1. The molecule has 0 unspecified atom stereocenters. The zero-order valence-corrected chi connectivity index (χ0v) is 15.4. The zero-order chi connectivity index (χ0) is 19.6. The molecular formula is C20H20N2O5. The van der Waals surface area contributed by atoms with E-state index in [1.807, 2.05) is 13.8 Å². The Morgan fingerprint density at radius 2 is 1.78 bits per heavy atom. The van der Waals surface area contributed by atoms with Crippen molar-refractivity contribution in [2.24, 2.45) is 0 Å². The van der Waals surface area contributed by atoms with Gasteiger partial charge >= 0.3 is 5.97 Å². The number of nitrogens with zero attached hydrogens (tertiary/aromatic N) is 2. The molecule has 0 N–H and O–H groups in total. The second kappa shape index (κ2) is 7.57. The number of rotatable bonds is 6. The summed E-state index contributed by atoms with van der Waals surface area (Å²) in [5, 5.41) is 0. The van der Waals surface area contributed by atoms with Crippen molar-refractivity contribution in [3.63, 3.8) is 0 Å². The van der Waals surface area contributed by atoms with E-state index in [-0.39, 0.29) is 30.9 Å². The first-order chi connectivity index (χ1) is 12.9. The van der Waals surface area contributed by atoms with Crippen LogP contribution >= 0.6 is 0 Å². The van der Waals surface area contributed by atoms with Crippen molar-refractivity contribution in [1.29, 1.82) is 0 Å². The molecule has 0 saturated carbocycles. The molecule has 2 heterocycles. The molecule has 27 heavy (non-hydrogen) atoms. The van der Waals surface area contributed by atoms with Gasteiger partial charge in [-0.1, -0.05) is 12.1 Å². The fourth-order valence-corrected chi connectivity index (χ4v) is 2.94. The lowest BCUT2D eigenvalue weighted by Crippen LogP contribution is -2.32. The van der Waals surface area contributed by atoms with E-state index < -0.39 is 5.97 Å². The first-order valence-electron chi connectivity index (χ1n) is 8.61. The molecule has 0 spiro atoms. The van der Waals surface area contributed by atoms with Crippen molar-refractivity contribution < 1.29 is 23.9 Å². The Bertz CT molecular complexity index is 872. The van der Waals surface area contributed by atoms with E-state index in [9.17, 15) is 14.4 Å². The molecule has 0 saturated heterocycles. The van der Waals surface area contributed by atoms with Crippen LogP contribution in [0.3, 0.4) is 0 Å².